The van der Waals surface area contributed by atoms with Crippen molar-refractivity contribution in [3.63, 3.8) is 0 Å². The minimum atomic E-state index is -0.787. The zero-order chi connectivity index (χ0) is 17.5. The average Bonchev–Trinajstić information content (AvgIpc) is 2.78. The zero-order valence-corrected chi connectivity index (χ0v) is 14.6. The van der Waals surface area contributed by atoms with Gasteiger partial charge in [-0.05, 0) is 39.8 Å². The van der Waals surface area contributed by atoms with E-state index in [2.05, 4.69) is 5.10 Å². The summed E-state index contributed by atoms with van der Waals surface area (Å²) in [5.74, 6) is -0.100. The monoisotopic (exact) mass is 329 g/mol. The lowest BCUT2D eigenvalue weighted by atomic mass is 9.80. The van der Waals surface area contributed by atoms with Crippen LogP contribution in [0.15, 0.2) is 35.4 Å². The van der Waals surface area contributed by atoms with Crippen molar-refractivity contribution in [1.82, 2.24) is 4.90 Å². The first-order valence-corrected chi connectivity index (χ1v) is 8.16. The molecule has 2 amide bonds. The molecular formula is C18H23N3O3. The van der Waals surface area contributed by atoms with E-state index in [9.17, 15) is 9.59 Å². The molecule has 0 aliphatic carbocycles. The second-order valence-corrected chi connectivity index (χ2v) is 7.48. The number of hydrogen-bond donors (Lipinski definition) is 0. The minimum Gasteiger partial charge on any atom is -0.444 e. The summed E-state index contributed by atoms with van der Waals surface area (Å²) in [4.78, 5) is 26.9. The Hall–Kier alpha value is -2.37. The molecule has 2 aliphatic rings. The summed E-state index contributed by atoms with van der Waals surface area (Å²) in [5, 5.41) is 5.98. The van der Waals surface area contributed by atoms with Gasteiger partial charge in [0.2, 0.25) is 0 Å². The molecule has 0 spiro atoms. The highest BCUT2D eigenvalue weighted by molar-refractivity contribution is 6.19. The number of carbonyl (C=O) groups excluding carboxylic acids is 2. The number of hydrogen-bond acceptors (Lipinski definition) is 4. The normalized spacial score (nSPS) is 23.8. The van der Waals surface area contributed by atoms with Crippen molar-refractivity contribution in [2.24, 2.45) is 10.5 Å². The van der Waals surface area contributed by atoms with E-state index < -0.39 is 11.0 Å². The number of ether oxygens (including phenoxy) is 1. The van der Waals surface area contributed by atoms with Gasteiger partial charge in [0.05, 0.1) is 11.4 Å². The Labute approximate surface area is 142 Å². The third-order valence-corrected chi connectivity index (χ3v) is 4.30. The van der Waals surface area contributed by atoms with Gasteiger partial charge in [-0.15, -0.1) is 0 Å². The van der Waals surface area contributed by atoms with E-state index in [1.165, 1.54) is 5.01 Å². The third-order valence-electron chi connectivity index (χ3n) is 4.30. The highest BCUT2D eigenvalue weighted by Gasteiger charge is 2.51. The van der Waals surface area contributed by atoms with Crippen LogP contribution in [0.5, 0.6) is 0 Å². The first-order chi connectivity index (χ1) is 11.2. The Morgan fingerprint density at radius 1 is 1.25 bits per heavy atom. The largest absolute Gasteiger partial charge is 0.444 e. The van der Waals surface area contributed by atoms with E-state index >= 15 is 0 Å². The smallest absolute Gasteiger partial charge is 0.410 e. The molecule has 6 heteroatoms. The van der Waals surface area contributed by atoms with E-state index in [1.54, 1.807) is 4.90 Å². The Morgan fingerprint density at radius 2 is 1.92 bits per heavy atom. The number of rotatable bonds is 1. The summed E-state index contributed by atoms with van der Waals surface area (Å²) >= 11 is 0. The van der Waals surface area contributed by atoms with Crippen molar-refractivity contribution in [1.29, 1.82) is 0 Å². The van der Waals surface area contributed by atoms with Crippen LogP contribution in [0.25, 0.3) is 0 Å². The maximum Gasteiger partial charge on any atom is 0.410 e. The molecule has 6 nitrogen and oxygen atoms in total. The van der Waals surface area contributed by atoms with Gasteiger partial charge in [0, 0.05) is 19.5 Å². The Bertz CT molecular complexity index is 693. The van der Waals surface area contributed by atoms with Crippen molar-refractivity contribution in [2.45, 2.75) is 39.7 Å². The van der Waals surface area contributed by atoms with Crippen LogP contribution in [-0.4, -0.2) is 41.3 Å². The number of amides is 2. The van der Waals surface area contributed by atoms with Crippen LogP contribution in [0.2, 0.25) is 0 Å². The highest BCUT2D eigenvalue weighted by Crippen LogP contribution is 2.37. The summed E-state index contributed by atoms with van der Waals surface area (Å²) < 4.78 is 5.44. The number of hydrazone groups is 1. The maximum absolute atomic E-state index is 12.9. The number of carbonyl (C=O) groups is 2. The van der Waals surface area contributed by atoms with Gasteiger partial charge in [-0.3, -0.25) is 4.79 Å². The number of benzene rings is 1. The van der Waals surface area contributed by atoms with Crippen LogP contribution in [0.1, 0.15) is 34.1 Å². The van der Waals surface area contributed by atoms with E-state index in [0.717, 1.165) is 11.4 Å². The molecule has 1 aromatic carbocycles. The molecule has 0 aromatic heterocycles. The van der Waals surface area contributed by atoms with Crippen LogP contribution in [0.4, 0.5) is 10.5 Å². The number of likely N-dealkylation sites (tertiary alicyclic amines) is 1. The topological polar surface area (TPSA) is 62.2 Å². The van der Waals surface area contributed by atoms with Gasteiger partial charge in [-0.2, -0.15) is 10.1 Å². The van der Waals surface area contributed by atoms with Gasteiger partial charge in [-0.1, -0.05) is 18.2 Å². The molecule has 1 unspecified atom stereocenters. The summed E-state index contributed by atoms with van der Waals surface area (Å²) in [6, 6.07) is 9.36. The molecule has 128 valence electrons. The Balaban J connectivity index is 1.80. The van der Waals surface area contributed by atoms with Crippen LogP contribution < -0.4 is 5.01 Å². The number of piperidine rings is 1. The maximum atomic E-state index is 12.9. The number of nitrogens with zero attached hydrogens (tertiary/aromatic N) is 3. The summed E-state index contributed by atoms with van der Waals surface area (Å²) in [6.45, 7) is 8.17. The van der Waals surface area contributed by atoms with Crippen LogP contribution >= 0.6 is 0 Å². The molecule has 0 bridgehead atoms. The van der Waals surface area contributed by atoms with E-state index in [0.29, 0.717) is 19.5 Å². The summed E-state index contributed by atoms with van der Waals surface area (Å²) in [6.07, 6.45) is 0.193. The van der Waals surface area contributed by atoms with Gasteiger partial charge >= 0.3 is 6.09 Å². The van der Waals surface area contributed by atoms with Gasteiger partial charge in [0.1, 0.15) is 11.0 Å². The standard InChI is InChI=1S/C18H23N3O3/c1-17(2,3)24-16(23)20-11-10-14-18(4,12-20)15(22)21(19-14)13-8-6-5-7-9-13/h5-9H,10-12H2,1-4H3. The van der Waals surface area contributed by atoms with Gasteiger partial charge in [0.25, 0.3) is 5.91 Å². The molecule has 1 aromatic rings. The predicted octanol–water partition coefficient (Wildman–Crippen LogP) is 3.04. The fourth-order valence-electron chi connectivity index (χ4n) is 3.05. The summed E-state index contributed by atoms with van der Waals surface area (Å²) in [7, 11) is 0. The van der Waals surface area contributed by atoms with E-state index in [1.807, 2.05) is 58.0 Å². The Morgan fingerprint density at radius 3 is 2.54 bits per heavy atom. The van der Waals surface area contributed by atoms with Gasteiger partial charge in [-0.25, -0.2) is 4.79 Å². The third kappa shape index (κ3) is 2.88. The number of anilines is 1. The van der Waals surface area contributed by atoms with Crippen molar-refractivity contribution in [3.8, 4) is 0 Å². The van der Waals surface area contributed by atoms with Crippen LogP contribution in [0.3, 0.4) is 0 Å². The second-order valence-electron chi connectivity index (χ2n) is 7.48. The SMILES string of the molecule is CC(C)(C)OC(=O)N1CCC2=NN(c3ccccc3)C(=O)C2(C)C1. The lowest BCUT2D eigenvalue weighted by Gasteiger charge is -2.37. The zero-order valence-electron chi connectivity index (χ0n) is 14.6. The number of para-hydroxylation sites is 1. The molecule has 1 atom stereocenters. The van der Waals surface area contributed by atoms with Crippen molar-refractivity contribution in [3.05, 3.63) is 30.3 Å². The van der Waals surface area contributed by atoms with Gasteiger partial charge in [0.15, 0.2) is 0 Å². The predicted molar refractivity (Wildman–Crippen MR) is 91.9 cm³/mol. The summed E-state index contributed by atoms with van der Waals surface area (Å²) in [5.41, 5.74) is 0.234. The molecule has 0 N–H and O–H groups in total. The first-order valence-electron chi connectivity index (χ1n) is 8.16. The van der Waals surface area contributed by atoms with Crippen molar-refractivity contribution >= 4 is 23.4 Å². The molecule has 2 aliphatic heterocycles. The molecule has 1 fully saturated rings. The molecule has 2 heterocycles. The lowest BCUT2D eigenvalue weighted by molar-refractivity contribution is -0.124. The molecule has 1 saturated heterocycles. The van der Waals surface area contributed by atoms with Crippen molar-refractivity contribution < 1.29 is 14.3 Å². The highest BCUT2D eigenvalue weighted by atomic mass is 16.6. The molecule has 3 rings (SSSR count). The quantitative estimate of drug-likeness (QED) is 0.795. The van der Waals surface area contributed by atoms with Gasteiger partial charge < -0.3 is 9.64 Å². The fraction of sp³-hybridized carbons (Fsp3) is 0.500. The molecular weight excluding hydrogens is 306 g/mol. The first kappa shape index (κ1) is 16.5. The molecule has 0 radical (unpaired) electrons. The van der Waals surface area contributed by atoms with Crippen LogP contribution in [0, 0.1) is 5.41 Å². The molecule has 0 saturated carbocycles. The van der Waals surface area contributed by atoms with E-state index in [-0.39, 0.29) is 12.0 Å². The van der Waals surface area contributed by atoms with E-state index in [4.69, 9.17) is 4.74 Å². The second kappa shape index (κ2) is 5.61. The van der Waals surface area contributed by atoms with Crippen LogP contribution in [-0.2, 0) is 9.53 Å². The minimum absolute atomic E-state index is 0.100. The fourth-order valence-corrected chi connectivity index (χ4v) is 3.05. The average molecular weight is 329 g/mol. The lowest BCUT2D eigenvalue weighted by Crippen LogP contribution is -2.53. The van der Waals surface area contributed by atoms with Crippen molar-refractivity contribution in [2.75, 3.05) is 18.1 Å². The number of fused-ring (bicyclic) bond motifs is 1. The Kier molecular flexibility index (Phi) is 3.86. The molecule has 24 heavy (non-hydrogen) atoms.